The summed E-state index contributed by atoms with van der Waals surface area (Å²) in [4.78, 5) is 36.5. The molecule has 7 nitrogen and oxygen atoms in total. The Bertz CT molecular complexity index is 676. The van der Waals surface area contributed by atoms with Crippen LogP contribution in [0.2, 0.25) is 0 Å². The summed E-state index contributed by atoms with van der Waals surface area (Å²) in [6.45, 7) is 2.79. The van der Waals surface area contributed by atoms with Gasteiger partial charge in [0.15, 0.2) is 0 Å². The lowest BCUT2D eigenvalue weighted by Gasteiger charge is -2.31. The number of likely N-dealkylation sites (tertiary alicyclic amines) is 1. The molecule has 1 aromatic rings. The Balaban J connectivity index is 1.55. The third-order valence-electron chi connectivity index (χ3n) is 4.65. The standard InChI is InChI=1S/C17H20N2O5/c1-11-10-14(4-5-15(11)19(22)23)24-17(21)13-6-8-18(9-7-13)16(20)12-2-3-12/h4-5,10,12-13H,2-3,6-9H2,1H3. The molecule has 1 aliphatic heterocycles. The number of aryl methyl sites for hydroxylation is 1. The Labute approximate surface area is 139 Å². The molecule has 1 amide bonds. The van der Waals surface area contributed by atoms with Crippen LogP contribution in [0, 0.1) is 28.9 Å². The van der Waals surface area contributed by atoms with Gasteiger partial charge in [0.1, 0.15) is 5.75 Å². The molecule has 0 unspecified atom stereocenters. The summed E-state index contributed by atoms with van der Waals surface area (Å²) in [5, 5.41) is 10.8. The molecule has 7 heteroatoms. The number of nitro groups is 1. The lowest BCUT2D eigenvalue weighted by molar-refractivity contribution is -0.385. The third kappa shape index (κ3) is 3.55. The van der Waals surface area contributed by atoms with E-state index >= 15 is 0 Å². The van der Waals surface area contributed by atoms with E-state index < -0.39 is 4.92 Å². The highest BCUT2D eigenvalue weighted by molar-refractivity contribution is 5.81. The number of esters is 1. The van der Waals surface area contributed by atoms with Crippen LogP contribution in [0.3, 0.4) is 0 Å². The third-order valence-corrected chi connectivity index (χ3v) is 4.65. The van der Waals surface area contributed by atoms with Gasteiger partial charge < -0.3 is 9.64 Å². The number of amides is 1. The molecule has 1 aromatic carbocycles. The number of nitrogens with zero attached hydrogens (tertiary/aromatic N) is 2. The van der Waals surface area contributed by atoms with Gasteiger partial charge in [-0.15, -0.1) is 0 Å². The van der Waals surface area contributed by atoms with Crippen molar-refractivity contribution in [1.29, 1.82) is 0 Å². The molecule has 0 spiro atoms. The van der Waals surface area contributed by atoms with Gasteiger partial charge in [0.25, 0.3) is 5.69 Å². The number of nitro benzene ring substituents is 1. The predicted octanol–water partition coefficient (Wildman–Crippen LogP) is 2.46. The molecule has 0 N–H and O–H groups in total. The fourth-order valence-corrected chi connectivity index (χ4v) is 3.02. The van der Waals surface area contributed by atoms with Crippen molar-refractivity contribution in [2.75, 3.05) is 13.1 Å². The van der Waals surface area contributed by atoms with Crippen molar-refractivity contribution in [3.8, 4) is 5.75 Å². The second-order valence-electron chi connectivity index (χ2n) is 6.50. The maximum atomic E-state index is 12.3. The van der Waals surface area contributed by atoms with E-state index in [1.807, 2.05) is 4.90 Å². The van der Waals surface area contributed by atoms with E-state index in [0.29, 0.717) is 37.2 Å². The second-order valence-corrected chi connectivity index (χ2v) is 6.50. The first-order valence-electron chi connectivity index (χ1n) is 8.21. The lowest BCUT2D eigenvalue weighted by atomic mass is 9.96. The average Bonchev–Trinajstić information content (AvgIpc) is 3.39. The highest BCUT2D eigenvalue weighted by Gasteiger charge is 2.36. The maximum Gasteiger partial charge on any atom is 0.314 e. The zero-order valence-corrected chi connectivity index (χ0v) is 13.6. The van der Waals surface area contributed by atoms with Gasteiger partial charge in [0.05, 0.1) is 10.8 Å². The van der Waals surface area contributed by atoms with Crippen LogP contribution >= 0.6 is 0 Å². The molecule has 0 radical (unpaired) electrons. The zero-order chi connectivity index (χ0) is 17.3. The Hall–Kier alpha value is -2.44. The van der Waals surface area contributed by atoms with Gasteiger partial charge in [-0.1, -0.05) is 0 Å². The van der Waals surface area contributed by atoms with Crippen LogP contribution in [0.15, 0.2) is 18.2 Å². The molecule has 1 saturated carbocycles. The van der Waals surface area contributed by atoms with Crippen LogP contribution in [0.25, 0.3) is 0 Å². The van der Waals surface area contributed by atoms with Crippen LogP contribution in [-0.2, 0) is 9.59 Å². The van der Waals surface area contributed by atoms with Gasteiger partial charge in [-0.3, -0.25) is 19.7 Å². The number of benzene rings is 1. The molecule has 0 aromatic heterocycles. The van der Waals surface area contributed by atoms with E-state index in [4.69, 9.17) is 4.74 Å². The number of hydrogen-bond donors (Lipinski definition) is 0. The van der Waals surface area contributed by atoms with E-state index in [-0.39, 0.29) is 29.4 Å². The molecule has 1 aliphatic carbocycles. The summed E-state index contributed by atoms with van der Waals surface area (Å²) >= 11 is 0. The SMILES string of the molecule is Cc1cc(OC(=O)C2CCN(C(=O)C3CC3)CC2)ccc1[N+](=O)[O-]. The van der Waals surface area contributed by atoms with E-state index in [1.165, 1.54) is 18.2 Å². The average molecular weight is 332 g/mol. The maximum absolute atomic E-state index is 12.3. The second kappa shape index (κ2) is 6.59. The quantitative estimate of drug-likeness (QED) is 0.366. The zero-order valence-electron chi connectivity index (χ0n) is 13.6. The highest BCUT2D eigenvalue weighted by atomic mass is 16.6. The number of carbonyl (C=O) groups is 2. The molecule has 0 bridgehead atoms. The monoisotopic (exact) mass is 332 g/mol. The van der Waals surface area contributed by atoms with Crippen LogP contribution < -0.4 is 4.74 Å². The van der Waals surface area contributed by atoms with Crippen LogP contribution in [0.5, 0.6) is 5.75 Å². The van der Waals surface area contributed by atoms with Gasteiger partial charge >= 0.3 is 5.97 Å². The smallest absolute Gasteiger partial charge is 0.314 e. The number of piperidine rings is 1. The van der Waals surface area contributed by atoms with Crippen molar-refractivity contribution in [3.05, 3.63) is 33.9 Å². The van der Waals surface area contributed by atoms with Gasteiger partial charge in [-0.25, -0.2) is 0 Å². The first-order chi connectivity index (χ1) is 11.5. The van der Waals surface area contributed by atoms with Crippen molar-refractivity contribution >= 4 is 17.6 Å². The van der Waals surface area contributed by atoms with Crippen molar-refractivity contribution in [1.82, 2.24) is 4.90 Å². The van der Waals surface area contributed by atoms with Crippen molar-refractivity contribution in [3.63, 3.8) is 0 Å². The minimum absolute atomic E-state index is 0.00157. The molecule has 1 saturated heterocycles. The molecular weight excluding hydrogens is 312 g/mol. The number of ether oxygens (including phenoxy) is 1. The van der Waals surface area contributed by atoms with E-state index in [2.05, 4.69) is 0 Å². The van der Waals surface area contributed by atoms with Crippen LogP contribution in [0.4, 0.5) is 5.69 Å². The number of rotatable bonds is 4. The Morgan fingerprint density at radius 2 is 1.83 bits per heavy atom. The molecule has 1 heterocycles. The molecule has 24 heavy (non-hydrogen) atoms. The Morgan fingerprint density at radius 1 is 1.17 bits per heavy atom. The summed E-state index contributed by atoms with van der Waals surface area (Å²) in [5.41, 5.74) is 0.455. The fraction of sp³-hybridized carbons (Fsp3) is 0.529. The summed E-state index contributed by atoms with van der Waals surface area (Å²) < 4.78 is 5.36. The lowest BCUT2D eigenvalue weighted by Crippen LogP contribution is -2.41. The minimum Gasteiger partial charge on any atom is -0.426 e. The molecule has 2 fully saturated rings. The summed E-state index contributed by atoms with van der Waals surface area (Å²) in [5.74, 6) is 0.175. The molecule has 0 atom stereocenters. The van der Waals surface area contributed by atoms with Gasteiger partial charge in [0, 0.05) is 30.6 Å². The largest absolute Gasteiger partial charge is 0.426 e. The van der Waals surface area contributed by atoms with E-state index in [1.54, 1.807) is 6.92 Å². The van der Waals surface area contributed by atoms with Crippen molar-refractivity contribution < 1.29 is 19.2 Å². The molecule has 3 rings (SSSR count). The minimum atomic E-state index is -0.465. The van der Waals surface area contributed by atoms with Gasteiger partial charge in [-0.2, -0.15) is 0 Å². The molecule has 2 aliphatic rings. The topological polar surface area (TPSA) is 89.8 Å². The van der Waals surface area contributed by atoms with E-state index in [0.717, 1.165) is 12.8 Å². The number of carbonyl (C=O) groups excluding carboxylic acids is 2. The summed E-state index contributed by atoms with van der Waals surface area (Å²) in [6, 6.07) is 4.28. The van der Waals surface area contributed by atoms with Crippen molar-refractivity contribution in [2.24, 2.45) is 11.8 Å². The predicted molar refractivity (Wildman–Crippen MR) is 85.5 cm³/mol. The van der Waals surface area contributed by atoms with Gasteiger partial charge in [0.2, 0.25) is 5.91 Å². The van der Waals surface area contributed by atoms with Crippen LogP contribution in [0.1, 0.15) is 31.2 Å². The molecule has 128 valence electrons. The number of hydrogen-bond acceptors (Lipinski definition) is 5. The Kier molecular flexibility index (Phi) is 4.51. The van der Waals surface area contributed by atoms with Gasteiger partial charge in [-0.05, 0) is 44.7 Å². The fourth-order valence-electron chi connectivity index (χ4n) is 3.02. The first kappa shape index (κ1) is 16.4. The van der Waals surface area contributed by atoms with Crippen molar-refractivity contribution in [2.45, 2.75) is 32.6 Å². The Morgan fingerprint density at radius 3 is 2.38 bits per heavy atom. The normalized spacial score (nSPS) is 18.3. The highest BCUT2D eigenvalue weighted by Crippen LogP contribution is 2.32. The summed E-state index contributed by atoms with van der Waals surface area (Å²) in [7, 11) is 0. The first-order valence-corrected chi connectivity index (χ1v) is 8.21. The molecular formula is C17H20N2O5. The van der Waals surface area contributed by atoms with Crippen LogP contribution in [-0.4, -0.2) is 34.8 Å². The van der Waals surface area contributed by atoms with E-state index in [9.17, 15) is 19.7 Å². The summed E-state index contributed by atoms with van der Waals surface area (Å²) in [6.07, 6.45) is 3.17.